The molecule has 0 N–H and O–H groups in total. The van der Waals surface area contributed by atoms with Crippen LogP contribution in [0.15, 0.2) is 22.7 Å². The van der Waals surface area contributed by atoms with E-state index >= 15 is 0 Å². The maximum atomic E-state index is 12.6. The Morgan fingerprint density at radius 3 is 2.65 bits per heavy atom. The minimum absolute atomic E-state index is 0.171. The van der Waals surface area contributed by atoms with Crippen molar-refractivity contribution in [2.75, 3.05) is 0 Å². The second kappa shape index (κ2) is 5.19. The maximum absolute atomic E-state index is 12.6. The smallest absolute Gasteiger partial charge is 0.320 e. The van der Waals surface area contributed by atoms with E-state index in [2.05, 4.69) is 20.7 Å². The van der Waals surface area contributed by atoms with Crippen LogP contribution in [0.25, 0.3) is 0 Å². The third-order valence-electron chi connectivity index (χ3n) is 4.51. The summed E-state index contributed by atoms with van der Waals surface area (Å²) in [7, 11) is 0. The maximum Gasteiger partial charge on any atom is 0.345 e. The lowest BCUT2D eigenvalue weighted by Crippen LogP contribution is -2.36. The van der Waals surface area contributed by atoms with Crippen LogP contribution in [0.5, 0.6) is 0 Å². The largest absolute Gasteiger partial charge is 0.345 e. The van der Waals surface area contributed by atoms with Gasteiger partial charge in [0.1, 0.15) is 0 Å². The van der Waals surface area contributed by atoms with Gasteiger partial charge in [-0.15, -0.1) is 0 Å². The van der Waals surface area contributed by atoms with Crippen LogP contribution in [0, 0.1) is 5.41 Å². The van der Waals surface area contributed by atoms with Crippen LogP contribution in [-0.2, 0) is 11.2 Å². The van der Waals surface area contributed by atoms with E-state index in [-0.39, 0.29) is 11.2 Å². The van der Waals surface area contributed by atoms with Gasteiger partial charge in [0.25, 0.3) is 0 Å². The van der Waals surface area contributed by atoms with Crippen molar-refractivity contribution in [2.45, 2.75) is 44.8 Å². The van der Waals surface area contributed by atoms with Gasteiger partial charge in [0, 0.05) is 15.5 Å². The van der Waals surface area contributed by atoms with E-state index in [9.17, 15) is 13.6 Å². The summed E-state index contributed by atoms with van der Waals surface area (Å²) in [6, 6.07) is 5.79. The number of Topliss-reactive ketones (excluding diaryl/α,β-unsaturated/α-hetero) is 1. The van der Waals surface area contributed by atoms with Crippen molar-refractivity contribution in [3.8, 4) is 0 Å². The van der Waals surface area contributed by atoms with Gasteiger partial charge in [-0.1, -0.05) is 22.0 Å². The minimum atomic E-state index is -2.72. The van der Waals surface area contributed by atoms with Gasteiger partial charge >= 0.3 is 6.61 Å². The molecule has 1 fully saturated rings. The number of rotatable bonds is 2. The standard InChI is InChI=1S/C15H15BrF2O2/c16-10-2-1-9-8-15(13(19)12(9)7-10)5-3-11(4-6-15)20-14(17)18/h1-2,7,11,14H,3-6,8H2. The topological polar surface area (TPSA) is 26.3 Å². The van der Waals surface area contributed by atoms with Gasteiger partial charge in [-0.2, -0.15) is 8.78 Å². The summed E-state index contributed by atoms with van der Waals surface area (Å²) in [5, 5.41) is 0. The van der Waals surface area contributed by atoms with Gasteiger partial charge in [-0.25, -0.2) is 0 Å². The molecule has 0 saturated heterocycles. The lowest BCUT2D eigenvalue weighted by Gasteiger charge is -2.35. The zero-order valence-electron chi connectivity index (χ0n) is 10.9. The Bertz CT molecular complexity index is 537. The monoisotopic (exact) mass is 344 g/mol. The average Bonchev–Trinajstić information content (AvgIpc) is 2.66. The number of hydrogen-bond donors (Lipinski definition) is 0. The van der Waals surface area contributed by atoms with E-state index < -0.39 is 12.7 Å². The van der Waals surface area contributed by atoms with E-state index in [1.807, 2.05) is 18.2 Å². The Hall–Kier alpha value is -0.810. The zero-order chi connectivity index (χ0) is 14.3. The fourth-order valence-electron chi connectivity index (χ4n) is 3.47. The number of halogens is 3. The number of fused-ring (bicyclic) bond motifs is 1. The second-order valence-corrected chi connectivity index (χ2v) is 6.60. The molecule has 20 heavy (non-hydrogen) atoms. The first kappa shape index (κ1) is 14.1. The normalized spacial score (nSPS) is 29.2. The van der Waals surface area contributed by atoms with Crippen molar-refractivity contribution in [1.29, 1.82) is 0 Å². The molecule has 0 aliphatic heterocycles. The van der Waals surface area contributed by atoms with E-state index in [1.54, 1.807) is 0 Å². The zero-order valence-corrected chi connectivity index (χ0v) is 12.5. The van der Waals surface area contributed by atoms with Crippen molar-refractivity contribution < 1.29 is 18.3 Å². The van der Waals surface area contributed by atoms with E-state index in [0.29, 0.717) is 25.7 Å². The summed E-state index contributed by atoms with van der Waals surface area (Å²) in [5.41, 5.74) is 1.48. The third-order valence-corrected chi connectivity index (χ3v) is 5.01. The lowest BCUT2D eigenvalue weighted by atomic mass is 9.70. The molecule has 2 aliphatic carbocycles. The Morgan fingerprint density at radius 2 is 2.00 bits per heavy atom. The van der Waals surface area contributed by atoms with Gasteiger partial charge in [0.15, 0.2) is 5.78 Å². The predicted octanol–water partition coefficient (Wildman–Crippen LogP) is 4.36. The highest BCUT2D eigenvalue weighted by Crippen LogP contribution is 2.48. The van der Waals surface area contributed by atoms with Gasteiger partial charge in [-0.05, 0) is 49.8 Å². The Morgan fingerprint density at radius 1 is 1.30 bits per heavy atom. The molecule has 2 nitrogen and oxygen atoms in total. The molecule has 0 heterocycles. The fraction of sp³-hybridized carbons (Fsp3) is 0.533. The van der Waals surface area contributed by atoms with Gasteiger partial charge < -0.3 is 4.74 Å². The van der Waals surface area contributed by atoms with Crippen LogP contribution < -0.4 is 0 Å². The number of ether oxygens (including phenoxy) is 1. The highest BCUT2D eigenvalue weighted by atomic mass is 79.9. The molecular weight excluding hydrogens is 330 g/mol. The van der Waals surface area contributed by atoms with Gasteiger partial charge in [0.05, 0.1) is 6.10 Å². The third kappa shape index (κ3) is 2.42. The summed E-state index contributed by atoms with van der Waals surface area (Å²) in [5.74, 6) is 0.171. The SMILES string of the molecule is O=C1c2cc(Br)ccc2CC12CCC(OC(F)F)CC2. The molecule has 1 aromatic carbocycles. The van der Waals surface area contributed by atoms with Crippen LogP contribution in [0.4, 0.5) is 8.78 Å². The lowest BCUT2D eigenvalue weighted by molar-refractivity contribution is -0.173. The van der Waals surface area contributed by atoms with Gasteiger partial charge in [-0.3, -0.25) is 4.79 Å². The van der Waals surface area contributed by atoms with Crippen molar-refractivity contribution in [3.63, 3.8) is 0 Å². The average molecular weight is 345 g/mol. The van der Waals surface area contributed by atoms with Crippen LogP contribution >= 0.6 is 15.9 Å². The van der Waals surface area contributed by atoms with Crippen molar-refractivity contribution in [3.05, 3.63) is 33.8 Å². The summed E-state index contributed by atoms with van der Waals surface area (Å²) >= 11 is 3.39. The molecule has 0 unspecified atom stereocenters. The summed E-state index contributed by atoms with van der Waals surface area (Å²) in [6.07, 6.45) is 2.65. The molecule has 1 saturated carbocycles. The molecular formula is C15H15BrF2O2. The first-order valence-electron chi connectivity index (χ1n) is 6.77. The molecule has 0 aromatic heterocycles. The molecule has 1 aromatic rings. The van der Waals surface area contributed by atoms with Crippen LogP contribution in [-0.4, -0.2) is 18.5 Å². The number of ketones is 1. The molecule has 0 bridgehead atoms. The van der Waals surface area contributed by atoms with E-state index in [1.165, 1.54) is 0 Å². The Labute approximate surface area is 124 Å². The number of carbonyl (C=O) groups is 1. The van der Waals surface area contributed by atoms with Gasteiger partial charge in [0.2, 0.25) is 0 Å². The van der Waals surface area contributed by atoms with Crippen LogP contribution in [0.3, 0.4) is 0 Å². The molecule has 0 atom stereocenters. The number of hydrogen-bond acceptors (Lipinski definition) is 2. The Kier molecular flexibility index (Phi) is 3.67. The minimum Gasteiger partial charge on any atom is -0.320 e. The quantitative estimate of drug-likeness (QED) is 0.796. The second-order valence-electron chi connectivity index (χ2n) is 5.68. The molecule has 3 rings (SSSR count). The summed E-state index contributed by atoms with van der Waals surface area (Å²) in [4.78, 5) is 12.6. The first-order chi connectivity index (χ1) is 9.50. The molecule has 0 amide bonds. The molecule has 108 valence electrons. The number of carbonyl (C=O) groups excluding carboxylic acids is 1. The van der Waals surface area contributed by atoms with Crippen LogP contribution in [0.1, 0.15) is 41.6 Å². The van der Waals surface area contributed by atoms with Crippen molar-refractivity contribution in [1.82, 2.24) is 0 Å². The summed E-state index contributed by atoms with van der Waals surface area (Å²) < 4.78 is 29.9. The number of alkyl halides is 2. The molecule has 5 heteroatoms. The predicted molar refractivity (Wildman–Crippen MR) is 74.0 cm³/mol. The van der Waals surface area contributed by atoms with E-state index in [4.69, 9.17) is 0 Å². The molecule has 0 radical (unpaired) electrons. The highest BCUT2D eigenvalue weighted by molar-refractivity contribution is 9.10. The van der Waals surface area contributed by atoms with Crippen LogP contribution in [0.2, 0.25) is 0 Å². The highest BCUT2D eigenvalue weighted by Gasteiger charge is 2.47. The van der Waals surface area contributed by atoms with Crippen molar-refractivity contribution in [2.24, 2.45) is 5.41 Å². The molecule has 1 spiro atoms. The number of benzene rings is 1. The van der Waals surface area contributed by atoms with Crippen molar-refractivity contribution >= 4 is 21.7 Å². The van der Waals surface area contributed by atoms with E-state index in [0.717, 1.165) is 22.0 Å². The fourth-order valence-corrected chi connectivity index (χ4v) is 3.84. The first-order valence-corrected chi connectivity index (χ1v) is 7.56. The Balaban J connectivity index is 1.76. The summed E-state index contributed by atoms with van der Waals surface area (Å²) in [6.45, 7) is -2.72. The molecule has 2 aliphatic rings.